The number of carbonyl (C=O) groups is 1. The molecule has 1 saturated heterocycles. The van der Waals surface area contributed by atoms with Crippen LogP contribution in [0.25, 0.3) is 22.1 Å². The fraction of sp³-hybridized carbons (Fsp3) is 0.241. The third kappa shape index (κ3) is 4.77. The molecule has 1 aliphatic rings. The van der Waals surface area contributed by atoms with Gasteiger partial charge in [-0.25, -0.2) is 19.6 Å². The average molecular weight is 536 g/mol. The third-order valence-corrected chi connectivity index (χ3v) is 7.12. The zero-order chi connectivity index (χ0) is 27.8. The van der Waals surface area contributed by atoms with Gasteiger partial charge in [0.25, 0.3) is 0 Å². The SMILES string of the molecule is C=CC(=O)N1CCN(c2ccc3ncnc(Nc4ccc(Oc5ccc6c(c5)nnn6C)c(C)c4)c3n2)C[C@H]1C. The standard InChI is InChI=1S/C29H29N9O2/c1-5-27(39)38-13-12-37(16-19(38)3)26-11-8-22-28(33-26)29(31-17-30-22)32-20-6-10-25(18(2)14-20)40-21-7-9-24-23(15-21)34-35-36(24)4/h5-11,14-15,17,19H,1,12-13,16H2,2-4H3,(H,30,31,32)/t19-/m1/s1. The smallest absolute Gasteiger partial charge is 0.246 e. The molecule has 2 aromatic carbocycles. The summed E-state index contributed by atoms with van der Waals surface area (Å²) in [6.45, 7) is 9.62. The molecule has 1 atom stereocenters. The van der Waals surface area contributed by atoms with Gasteiger partial charge in [0, 0.05) is 44.5 Å². The Bertz CT molecular complexity index is 1750. The molecule has 1 aliphatic heterocycles. The maximum Gasteiger partial charge on any atom is 0.246 e. The second-order valence-corrected chi connectivity index (χ2v) is 9.86. The summed E-state index contributed by atoms with van der Waals surface area (Å²) in [5.74, 6) is 2.82. The number of benzene rings is 2. The monoisotopic (exact) mass is 535 g/mol. The van der Waals surface area contributed by atoms with Crippen LogP contribution in [0, 0.1) is 6.92 Å². The Kier molecular flexibility index (Phi) is 6.47. The van der Waals surface area contributed by atoms with E-state index in [4.69, 9.17) is 9.72 Å². The van der Waals surface area contributed by atoms with Gasteiger partial charge in [-0.15, -0.1) is 5.10 Å². The predicted molar refractivity (Wildman–Crippen MR) is 154 cm³/mol. The van der Waals surface area contributed by atoms with Crippen LogP contribution >= 0.6 is 0 Å². The first-order chi connectivity index (χ1) is 19.4. The van der Waals surface area contributed by atoms with Gasteiger partial charge in [-0.3, -0.25) is 4.79 Å². The van der Waals surface area contributed by atoms with Crippen molar-refractivity contribution in [3.05, 3.63) is 73.1 Å². The number of rotatable bonds is 6. The summed E-state index contributed by atoms with van der Waals surface area (Å²) in [7, 11) is 1.86. The van der Waals surface area contributed by atoms with Crippen molar-refractivity contribution in [1.82, 2.24) is 34.8 Å². The molecule has 3 aromatic heterocycles. The lowest BCUT2D eigenvalue weighted by Crippen LogP contribution is -2.53. The van der Waals surface area contributed by atoms with Gasteiger partial charge < -0.3 is 19.9 Å². The first-order valence-electron chi connectivity index (χ1n) is 13.0. The van der Waals surface area contributed by atoms with E-state index in [1.165, 1.54) is 12.4 Å². The Morgan fingerprint density at radius 3 is 2.77 bits per heavy atom. The van der Waals surface area contributed by atoms with Crippen LogP contribution in [0.1, 0.15) is 12.5 Å². The number of ether oxygens (including phenoxy) is 1. The number of aryl methyl sites for hydroxylation is 2. The Hall–Kier alpha value is -5.06. The number of nitrogens with one attached hydrogen (secondary N) is 1. The molecule has 0 aliphatic carbocycles. The quantitative estimate of drug-likeness (QED) is 0.317. The molecule has 1 N–H and O–H groups in total. The second-order valence-electron chi connectivity index (χ2n) is 9.86. The third-order valence-electron chi connectivity index (χ3n) is 7.12. The summed E-state index contributed by atoms with van der Waals surface area (Å²) in [6, 6.07) is 15.6. The van der Waals surface area contributed by atoms with E-state index in [1.54, 1.807) is 4.68 Å². The normalized spacial score (nSPS) is 15.4. The molecular formula is C29H29N9O2. The number of nitrogens with zero attached hydrogens (tertiary/aromatic N) is 8. The van der Waals surface area contributed by atoms with E-state index in [0.717, 1.165) is 39.4 Å². The van der Waals surface area contributed by atoms with Crippen molar-refractivity contribution in [3.8, 4) is 11.5 Å². The van der Waals surface area contributed by atoms with Gasteiger partial charge in [0.1, 0.15) is 34.7 Å². The Morgan fingerprint density at radius 2 is 1.98 bits per heavy atom. The predicted octanol–water partition coefficient (Wildman–Crippen LogP) is 4.37. The van der Waals surface area contributed by atoms with Crippen LogP contribution in [0.2, 0.25) is 0 Å². The minimum Gasteiger partial charge on any atom is -0.457 e. The molecule has 1 amide bonds. The summed E-state index contributed by atoms with van der Waals surface area (Å²) >= 11 is 0. The highest BCUT2D eigenvalue weighted by Gasteiger charge is 2.27. The van der Waals surface area contributed by atoms with Crippen LogP contribution in [0.15, 0.2) is 67.5 Å². The van der Waals surface area contributed by atoms with E-state index in [9.17, 15) is 4.79 Å². The molecule has 202 valence electrons. The highest BCUT2D eigenvalue weighted by molar-refractivity contribution is 5.89. The second kappa shape index (κ2) is 10.3. The van der Waals surface area contributed by atoms with Gasteiger partial charge in [-0.2, -0.15) is 0 Å². The lowest BCUT2D eigenvalue weighted by molar-refractivity contribution is -0.128. The number of hydrogen-bond acceptors (Lipinski definition) is 9. The maximum absolute atomic E-state index is 12.1. The van der Waals surface area contributed by atoms with Crippen molar-refractivity contribution in [1.29, 1.82) is 0 Å². The summed E-state index contributed by atoms with van der Waals surface area (Å²) in [5.41, 5.74) is 4.94. The molecular weight excluding hydrogens is 506 g/mol. The molecule has 5 aromatic rings. The molecule has 0 radical (unpaired) electrons. The minimum atomic E-state index is -0.0446. The number of hydrogen-bond donors (Lipinski definition) is 1. The number of carbonyl (C=O) groups excluding carboxylic acids is 1. The molecule has 6 rings (SSSR count). The van der Waals surface area contributed by atoms with E-state index >= 15 is 0 Å². The largest absolute Gasteiger partial charge is 0.457 e. The lowest BCUT2D eigenvalue weighted by Gasteiger charge is -2.40. The highest BCUT2D eigenvalue weighted by atomic mass is 16.5. The molecule has 1 fully saturated rings. The molecule has 0 saturated carbocycles. The van der Waals surface area contributed by atoms with E-state index in [1.807, 2.05) is 74.3 Å². The van der Waals surface area contributed by atoms with Crippen molar-refractivity contribution >= 4 is 45.3 Å². The van der Waals surface area contributed by atoms with Gasteiger partial charge in [-0.1, -0.05) is 11.8 Å². The summed E-state index contributed by atoms with van der Waals surface area (Å²) in [6.07, 6.45) is 2.90. The van der Waals surface area contributed by atoms with Gasteiger partial charge >= 0.3 is 0 Å². The zero-order valence-corrected chi connectivity index (χ0v) is 22.6. The Labute approximate surface area is 231 Å². The summed E-state index contributed by atoms with van der Waals surface area (Å²) < 4.78 is 7.87. The van der Waals surface area contributed by atoms with Crippen molar-refractivity contribution < 1.29 is 9.53 Å². The van der Waals surface area contributed by atoms with Crippen LogP contribution < -0.4 is 15.0 Å². The number of pyridine rings is 1. The molecule has 11 heteroatoms. The molecule has 40 heavy (non-hydrogen) atoms. The molecule has 0 spiro atoms. The Balaban J connectivity index is 1.21. The van der Waals surface area contributed by atoms with E-state index < -0.39 is 0 Å². The fourth-order valence-corrected chi connectivity index (χ4v) is 5.00. The summed E-state index contributed by atoms with van der Waals surface area (Å²) in [4.78, 5) is 30.0. The number of amides is 1. The molecule has 11 nitrogen and oxygen atoms in total. The molecule has 0 unspecified atom stereocenters. The van der Waals surface area contributed by atoms with E-state index in [2.05, 4.69) is 37.1 Å². The maximum atomic E-state index is 12.1. The van der Waals surface area contributed by atoms with E-state index in [0.29, 0.717) is 36.7 Å². The highest BCUT2D eigenvalue weighted by Crippen LogP contribution is 2.31. The van der Waals surface area contributed by atoms with Crippen LogP contribution in [0.5, 0.6) is 11.5 Å². The van der Waals surface area contributed by atoms with Crippen molar-refractivity contribution in [2.75, 3.05) is 29.9 Å². The number of anilines is 3. The van der Waals surface area contributed by atoms with Crippen LogP contribution in [0.3, 0.4) is 0 Å². The number of fused-ring (bicyclic) bond motifs is 2. The Morgan fingerprint density at radius 1 is 1.10 bits per heavy atom. The first kappa shape index (κ1) is 25.2. The number of aromatic nitrogens is 6. The van der Waals surface area contributed by atoms with Crippen molar-refractivity contribution in [3.63, 3.8) is 0 Å². The van der Waals surface area contributed by atoms with Gasteiger partial charge in [0.2, 0.25) is 5.91 Å². The van der Waals surface area contributed by atoms with Gasteiger partial charge in [-0.05, 0) is 68.0 Å². The van der Waals surface area contributed by atoms with Crippen LogP contribution in [-0.2, 0) is 11.8 Å². The lowest BCUT2D eigenvalue weighted by atomic mass is 10.2. The first-order valence-corrected chi connectivity index (χ1v) is 13.0. The van der Waals surface area contributed by atoms with Crippen LogP contribution in [-0.4, -0.2) is 66.4 Å². The van der Waals surface area contributed by atoms with E-state index in [-0.39, 0.29) is 11.9 Å². The minimum absolute atomic E-state index is 0.0446. The topological polar surface area (TPSA) is 114 Å². The summed E-state index contributed by atoms with van der Waals surface area (Å²) in [5, 5.41) is 11.6. The number of piperazine rings is 1. The molecule has 0 bridgehead atoms. The average Bonchev–Trinajstić information content (AvgIpc) is 3.33. The van der Waals surface area contributed by atoms with Gasteiger partial charge in [0.15, 0.2) is 5.82 Å². The molecule has 4 heterocycles. The van der Waals surface area contributed by atoms with Crippen molar-refractivity contribution in [2.24, 2.45) is 7.05 Å². The zero-order valence-electron chi connectivity index (χ0n) is 22.6. The van der Waals surface area contributed by atoms with Crippen molar-refractivity contribution in [2.45, 2.75) is 19.9 Å². The fourth-order valence-electron chi connectivity index (χ4n) is 5.00. The van der Waals surface area contributed by atoms with Gasteiger partial charge in [0.05, 0.1) is 11.0 Å². The van der Waals surface area contributed by atoms with Crippen LogP contribution in [0.4, 0.5) is 17.3 Å².